The smallest absolute Gasteiger partial charge is 0.305 e. The van der Waals surface area contributed by atoms with E-state index in [1.54, 1.807) is 6.07 Å². The van der Waals surface area contributed by atoms with Gasteiger partial charge >= 0.3 is 5.97 Å². The Balaban J connectivity index is 2.11. The summed E-state index contributed by atoms with van der Waals surface area (Å²) in [5.41, 5.74) is 0.734. The lowest BCUT2D eigenvalue weighted by Gasteiger charge is -2.34. The van der Waals surface area contributed by atoms with Crippen molar-refractivity contribution in [2.75, 3.05) is 26.4 Å². The highest BCUT2D eigenvalue weighted by molar-refractivity contribution is 5.67. The van der Waals surface area contributed by atoms with E-state index in [9.17, 15) is 9.90 Å². The number of rotatable bonds is 6. The number of benzene rings is 1. The lowest BCUT2D eigenvalue weighted by molar-refractivity contribution is -0.140. The van der Waals surface area contributed by atoms with Gasteiger partial charge in [-0.05, 0) is 13.0 Å². The number of ether oxygens (including phenoxy) is 2. The first-order valence-corrected chi connectivity index (χ1v) is 7.09. The Kier molecular flexibility index (Phi) is 5.41. The number of phenolic OH excluding ortho intramolecular Hbond substituents is 1. The van der Waals surface area contributed by atoms with Crippen molar-refractivity contribution in [2.45, 2.75) is 25.9 Å². The molecule has 21 heavy (non-hydrogen) atoms. The molecular weight excluding hydrogens is 274 g/mol. The number of nitrogens with zero attached hydrogens (tertiary/aromatic N) is 1. The van der Waals surface area contributed by atoms with Gasteiger partial charge in [-0.2, -0.15) is 0 Å². The average molecular weight is 295 g/mol. The van der Waals surface area contributed by atoms with Crippen LogP contribution >= 0.6 is 0 Å². The summed E-state index contributed by atoms with van der Waals surface area (Å²) >= 11 is 0. The van der Waals surface area contributed by atoms with Crippen molar-refractivity contribution in [3.63, 3.8) is 0 Å². The lowest BCUT2D eigenvalue weighted by Crippen LogP contribution is -2.45. The van der Waals surface area contributed by atoms with Gasteiger partial charge in [0, 0.05) is 24.7 Å². The van der Waals surface area contributed by atoms with Gasteiger partial charge in [0.1, 0.15) is 0 Å². The van der Waals surface area contributed by atoms with Crippen molar-refractivity contribution in [3.8, 4) is 11.5 Å². The van der Waals surface area contributed by atoms with E-state index >= 15 is 0 Å². The molecule has 0 saturated carbocycles. The first-order valence-electron chi connectivity index (χ1n) is 7.09. The van der Waals surface area contributed by atoms with Gasteiger partial charge in [0.2, 0.25) is 0 Å². The van der Waals surface area contributed by atoms with Crippen molar-refractivity contribution in [2.24, 2.45) is 0 Å². The van der Waals surface area contributed by atoms with Crippen LogP contribution in [0.1, 0.15) is 18.9 Å². The Morgan fingerprint density at radius 2 is 2.33 bits per heavy atom. The van der Waals surface area contributed by atoms with Gasteiger partial charge in [0.15, 0.2) is 11.5 Å². The molecule has 6 heteroatoms. The number of hydrogen-bond acceptors (Lipinski definition) is 5. The molecule has 1 aromatic rings. The minimum Gasteiger partial charge on any atom is -0.504 e. The van der Waals surface area contributed by atoms with E-state index in [0.717, 1.165) is 5.56 Å². The minimum atomic E-state index is -0.845. The molecule has 0 radical (unpaired) electrons. The van der Waals surface area contributed by atoms with Gasteiger partial charge in [-0.25, -0.2) is 0 Å². The minimum absolute atomic E-state index is 0.0336. The number of aliphatic carboxylic acids is 1. The fourth-order valence-electron chi connectivity index (χ4n) is 2.47. The van der Waals surface area contributed by atoms with Crippen molar-refractivity contribution >= 4 is 5.97 Å². The highest BCUT2D eigenvalue weighted by atomic mass is 16.5. The fraction of sp³-hybridized carbons (Fsp3) is 0.533. The first-order chi connectivity index (χ1) is 10.1. The molecule has 0 spiro atoms. The highest BCUT2D eigenvalue weighted by Gasteiger charge is 2.26. The van der Waals surface area contributed by atoms with E-state index in [0.29, 0.717) is 38.7 Å². The first kappa shape index (κ1) is 15.6. The predicted molar refractivity (Wildman–Crippen MR) is 76.5 cm³/mol. The van der Waals surface area contributed by atoms with Gasteiger partial charge in [-0.3, -0.25) is 9.69 Å². The van der Waals surface area contributed by atoms with E-state index in [1.165, 1.54) is 0 Å². The summed E-state index contributed by atoms with van der Waals surface area (Å²) in [7, 11) is 0. The summed E-state index contributed by atoms with van der Waals surface area (Å²) in [6, 6.07) is 5.19. The SMILES string of the molecule is CCOc1cccc(CN2CCOCC2CC(=O)O)c1O. The molecule has 1 aromatic carbocycles. The summed E-state index contributed by atoms with van der Waals surface area (Å²) in [5, 5.41) is 19.2. The molecule has 0 aliphatic carbocycles. The number of carboxylic acid groups (broad SMARTS) is 1. The number of aromatic hydroxyl groups is 1. The van der Waals surface area contributed by atoms with Gasteiger partial charge in [0.05, 0.1) is 26.2 Å². The van der Waals surface area contributed by atoms with E-state index in [-0.39, 0.29) is 18.2 Å². The number of carboxylic acids is 1. The van der Waals surface area contributed by atoms with E-state index < -0.39 is 5.97 Å². The molecule has 1 unspecified atom stereocenters. The Bertz CT molecular complexity index is 491. The Morgan fingerprint density at radius 1 is 1.52 bits per heavy atom. The van der Waals surface area contributed by atoms with Crippen LogP contribution in [0.2, 0.25) is 0 Å². The van der Waals surface area contributed by atoms with Crippen LogP contribution in [0.4, 0.5) is 0 Å². The van der Waals surface area contributed by atoms with Crippen LogP contribution in [0.3, 0.4) is 0 Å². The second-order valence-corrected chi connectivity index (χ2v) is 4.99. The third kappa shape index (κ3) is 4.09. The molecule has 1 saturated heterocycles. The Hall–Kier alpha value is -1.79. The monoisotopic (exact) mass is 295 g/mol. The van der Waals surface area contributed by atoms with Crippen molar-refractivity contribution < 1.29 is 24.5 Å². The van der Waals surface area contributed by atoms with Gasteiger partial charge in [0.25, 0.3) is 0 Å². The molecule has 116 valence electrons. The summed E-state index contributed by atoms with van der Waals surface area (Å²) in [6.45, 7) is 4.44. The van der Waals surface area contributed by atoms with Crippen molar-refractivity contribution in [1.82, 2.24) is 4.90 Å². The molecule has 6 nitrogen and oxygen atoms in total. The molecule has 1 fully saturated rings. The molecule has 1 atom stereocenters. The van der Waals surface area contributed by atoms with Crippen molar-refractivity contribution in [3.05, 3.63) is 23.8 Å². The average Bonchev–Trinajstić information content (AvgIpc) is 2.45. The largest absolute Gasteiger partial charge is 0.504 e. The van der Waals surface area contributed by atoms with Crippen LogP contribution in [-0.4, -0.2) is 53.5 Å². The molecule has 1 heterocycles. The predicted octanol–water partition coefficient (Wildman–Crippen LogP) is 1.47. The van der Waals surface area contributed by atoms with Gasteiger partial charge in [-0.15, -0.1) is 0 Å². The van der Waals surface area contributed by atoms with E-state index in [4.69, 9.17) is 14.6 Å². The topological polar surface area (TPSA) is 79.2 Å². The molecule has 0 amide bonds. The maximum absolute atomic E-state index is 10.9. The Morgan fingerprint density at radius 3 is 3.05 bits per heavy atom. The van der Waals surface area contributed by atoms with Gasteiger partial charge in [-0.1, -0.05) is 12.1 Å². The second kappa shape index (κ2) is 7.28. The third-order valence-electron chi connectivity index (χ3n) is 3.52. The van der Waals surface area contributed by atoms with Crippen LogP contribution in [0.15, 0.2) is 18.2 Å². The van der Waals surface area contributed by atoms with E-state index in [2.05, 4.69) is 0 Å². The van der Waals surface area contributed by atoms with Crippen molar-refractivity contribution in [1.29, 1.82) is 0 Å². The molecule has 0 bridgehead atoms. The normalized spacial score (nSPS) is 19.4. The van der Waals surface area contributed by atoms with E-state index in [1.807, 2.05) is 24.0 Å². The maximum atomic E-state index is 10.9. The molecule has 1 aliphatic heterocycles. The molecular formula is C15H21NO5. The third-order valence-corrected chi connectivity index (χ3v) is 3.52. The summed E-state index contributed by atoms with van der Waals surface area (Å²) in [6.07, 6.45) is 0.0336. The summed E-state index contributed by atoms with van der Waals surface area (Å²) < 4.78 is 10.7. The summed E-state index contributed by atoms with van der Waals surface area (Å²) in [4.78, 5) is 13.0. The number of hydrogen-bond donors (Lipinski definition) is 2. The number of para-hydroxylation sites is 1. The van der Waals surface area contributed by atoms with Crippen LogP contribution in [0.25, 0.3) is 0 Å². The quantitative estimate of drug-likeness (QED) is 0.827. The molecule has 2 rings (SSSR count). The maximum Gasteiger partial charge on any atom is 0.305 e. The second-order valence-electron chi connectivity index (χ2n) is 4.99. The lowest BCUT2D eigenvalue weighted by atomic mass is 10.1. The number of carbonyl (C=O) groups is 1. The Labute approximate surface area is 123 Å². The zero-order valence-corrected chi connectivity index (χ0v) is 12.1. The molecule has 2 N–H and O–H groups in total. The van der Waals surface area contributed by atoms with Crippen LogP contribution < -0.4 is 4.74 Å². The van der Waals surface area contributed by atoms with Crippen LogP contribution in [0.5, 0.6) is 11.5 Å². The van der Waals surface area contributed by atoms with Crippen LogP contribution in [-0.2, 0) is 16.1 Å². The standard InChI is InChI=1S/C15H21NO5/c1-2-21-13-5-3-4-11(15(13)19)9-16-6-7-20-10-12(16)8-14(17)18/h3-5,12,19H,2,6-10H2,1H3,(H,17,18). The fourth-order valence-corrected chi connectivity index (χ4v) is 2.47. The van der Waals surface area contributed by atoms with Crippen LogP contribution in [0, 0.1) is 0 Å². The number of morpholine rings is 1. The number of phenols is 1. The molecule has 0 aromatic heterocycles. The zero-order valence-electron chi connectivity index (χ0n) is 12.1. The molecule has 1 aliphatic rings. The van der Waals surface area contributed by atoms with Gasteiger partial charge < -0.3 is 19.7 Å². The highest BCUT2D eigenvalue weighted by Crippen LogP contribution is 2.31. The summed E-state index contributed by atoms with van der Waals surface area (Å²) in [5.74, 6) is -0.263. The zero-order chi connectivity index (χ0) is 15.2.